The number of alkyl carbamates (subject to hydrolysis) is 1. The maximum Gasteiger partial charge on any atom is 0.407 e. The van der Waals surface area contributed by atoms with Gasteiger partial charge in [0.25, 0.3) is 11.8 Å². The smallest absolute Gasteiger partial charge is 0.407 e. The second-order valence-corrected chi connectivity index (χ2v) is 14.2. The fraction of sp³-hybridized carbons (Fsp3) is 0.273. The zero-order valence-electron chi connectivity index (χ0n) is 33.4. The van der Waals surface area contributed by atoms with Gasteiger partial charge in [-0.25, -0.2) is 24.6 Å². The Kier molecular flexibility index (Phi) is 15.8. The molecular formula is C44H48N8O8. The number of benzene rings is 3. The Morgan fingerprint density at radius 1 is 0.733 bits per heavy atom. The third-order valence-corrected chi connectivity index (χ3v) is 9.36. The van der Waals surface area contributed by atoms with E-state index in [1.165, 1.54) is 30.4 Å². The number of fused-ring (bicyclic) bond motifs is 1. The number of aromatic nitrogens is 2. The van der Waals surface area contributed by atoms with Crippen molar-refractivity contribution in [1.29, 1.82) is 0 Å². The molecule has 0 bridgehead atoms. The van der Waals surface area contributed by atoms with Crippen LogP contribution in [0, 0.1) is 5.92 Å². The minimum absolute atomic E-state index is 0.00709. The summed E-state index contributed by atoms with van der Waals surface area (Å²) in [5, 5.41) is 10.4. The van der Waals surface area contributed by atoms with Gasteiger partial charge in [-0.1, -0.05) is 105 Å². The zero-order chi connectivity index (χ0) is 43.0. The van der Waals surface area contributed by atoms with Gasteiger partial charge in [-0.05, 0) is 47.7 Å². The minimum atomic E-state index is -1.47. The topological polar surface area (TPSA) is 224 Å². The van der Waals surface area contributed by atoms with E-state index in [2.05, 4.69) is 31.3 Å². The Bertz CT molecular complexity index is 2240. The predicted octanol–water partition coefficient (Wildman–Crippen LogP) is 3.47. The molecule has 0 fully saturated rings. The molecule has 3 aromatic carbocycles. The van der Waals surface area contributed by atoms with Gasteiger partial charge in [-0.3, -0.25) is 24.6 Å². The van der Waals surface area contributed by atoms with Crippen LogP contribution in [0.25, 0.3) is 10.9 Å². The van der Waals surface area contributed by atoms with Crippen LogP contribution in [0.3, 0.4) is 0 Å². The van der Waals surface area contributed by atoms with Crippen LogP contribution in [0.15, 0.2) is 121 Å². The van der Waals surface area contributed by atoms with Crippen LogP contribution >= 0.6 is 0 Å². The largest absolute Gasteiger partial charge is 0.454 e. The van der Waals surface area contributed by atoms with Crippen LogP contribution < -0.4 is 27.1 Å². The van der Waals surface area contributed by atoms with Crippen molar-refractivity contribution in [3.05, 3.63) is 144 Å². The monoisotopic (exact) mass is 816 g/mol. The molecule has 0 saturated carbocycles. The number of hydrogen-bond acceptors (Lipinski definition) is 11. The Hall–Kier alpha value is -7.20. The molecule has 60 heavy (non-hydrogen) atoms. The Morgan fingerprint density at radius 3 is 2.05 bits per heavy atom. The normalized spacial score (nSPS) is 13.0. The average Bonchev–Trinajstić information content (AvgIpc) is 3.25. The van der Waals surface area contributed by atoms with Gasteiger partial charge < -0.3 is 31.2 Å². The lowest BCUT2D eigenvalue weighted by Gasteiger charge is -2.34. The standard InChI is InChI=1S/C44H48N8O8/c1-28(2)39(50-44(58)59-3)42(56)51-52(26-30-16-8-5-9-17-30)27-37(60-43(57)34-20-12-13-23-46-34)35(24-29-14-6-4-7-15-29)48-41(55)36(25-38(45)53)49-40(54)33-22-21-31-18-10-11-19-32(31)47-33/h4-23,28,35-37,39H,24-27H2,1-3H3,(H2,45,53)(H,48,55)(H,49,54)(H,50,58)(H,51,56)/t35-,36-,37-,39-/m0/s1. The van der Waals surface area contributed by atoms with Gasteiger partial charge in [0.15, 0.2) is 0 Å². The molecular weight excluding hydrogens is 769 g/mol. The summed E-state index contributed by atoms with van der Waals surface area (Å²) in [7, 11) is 1.19. The molecule has 0 aliphatic heterocycles. The molecule has 16 nitrogen and oxygen atoms in total. The number of primary amides is 1. The number of amides is 5. The molecule has 0 unspecified atom stereocenters. The second kappa shape index (κ2) is 21.5. The number of rotatable bonds is 19. The van der Waals surface area contributed by atoms with E-state index in [-0.39, 0.29) is 36.8 Å². The van der Waals surface area contributed by atoms with Crippen molar-refractivity contribution < 1.29 is 38.2 Å². The summed E-state index contributed by atoms with van der Waals surface area (Å²) in [6, 6.07) is 29.8. The molecule has 5 amide bonds. The lowest BCUT2D eigenvalue weighted by molar-refractivity contribution is -0.131. The van der Waals surface area contributed by atoms with Gasteiger partial charge in [0.2, 0.25) is 11.8 Å². The van der Waals surface area contributed by atoms with E-state index >= 15 is 0 Å². The van der Waals surface area contributed by atoms with Crippen molar-refractivity contribution in [3.63, 3.8) is 0 Å². The Morgan fingerprint density at radius 2 is 1.40 bits per heavy atom. The van der Waals surface area contributed by atoms with E-state index < -0.39 is 66.3 Å². The van der Waals surface area contributed by atoms with Crippen molar-refractivity contribution >= 4 is 46.6 Å². The lowest BCUT2D eigenvalue weighted by Crippen LogP contribution is -2.59. The number of nitrogens with zero attached hydrogens (tertiary/aromatic N) is 3. The third kappa shape index (κ3) is 12.9. The first kappa shape index (κ1) is 43.9. The van der Waals surface area contributed by atoms with E-state index in [4.69, 9.17) is 15.2 Å². The number of nitrogens with two attached hydrogens (primary N) is 1. The molecule has 0 spiro atoms. The second-order valence-electron chi connectivity index (χ2n) is 14.2. The number of esters is 1. The van der Waals surface area contributed by atoms with Crippen molar-refractivity contribution in [3.8, 4) is 0 Å². The number of pyridine rings is 2. The first-order chi connectivity index (χ1) is 28.9. The first-order valence-corrected chi connectivity index (χ1v) is 19.2. The van der Waals surface area contributed by atoms with Crippen molar-refractivity contribution in [2.75, 3.05) is 13.7 Å². The molecule has 0 radical (unpaired) electrons. The molecule has 5 aromatic rings. The Labute approximate surface area is 347 Å². The number of hydrazine groups is 1. The quantitative estimate of drug-likeness (QED) is 0.0600. The molecule has 6 N–H and O–H groups in total. The van der Waals surface area contributed by atoms with Crippen LogP contribution in [-0.2, 0) is 36.8 Å². The van der Waals surface area contributed by atoms with Crippen LogP contribution in [0.4, 0.5) is 4.79 Å². The van der Waals surface area contributed by atoms with E-state index in [0.717, 1.165) is 16.5 Å². The molecule has 2 aromatic heterocycles. The lowest BCUT2D eigenvalue weighted by atomic mass is 9.99. The van der Waals surface area contributed by atoms with Gasteiger partial charge in [-0.2, -0.15) is 0 Å². The fourth-order valence-electron chi connectivity index (χ4n) is 6.31. The number of para-hydroxylation sites is 1. The van der Waals surface area contributed by atoms with Crippen molar-refractivity contribution in [1.82, 2.24) is 36.4 Å². The SMILES string of the molecule is COC(=O)N[C@H](C(=O)NN(Cc1ccccc1)C[C@H](OC(=O)c1ccccn1)[C@H](Cc1ccccc1)NC(=O)[C@H](CC(N)=O)NC(=O)c1ccc2ccccc2n1)C(C)C. The van der Waals surface area contributed by atoms with Gasteiger partial charge in [-0.15, -0.1) is 0 Å². The van der Waals surface area contributed by atoms with Crippen LogP contribution in [0.1, 0.15) is 52.4 Å². The average molecular weight is 817 g/mol. The van der Waals surface area contributed by atoms with E-state index in [1.54, 1.807) is 56.3 Å². The molecule has 5 rings (SSSR count). The Balaban J connectivity index is 1.52. The van der Waals surface area contributed by atoms with Gasteiger partial charge >= 0.3 is 12.1 Å². The van der Waals surface area contributed by atoms with Crippen LogP contribution in [0.2, 0.25) is 0 Å². The fourth-order valence-corrected chi connectivity index (χ4v) is 6.31. The minimum Gasteiger partial charge on any atom is -0.454 e. The summed E-state index contributed by atoms with van der Waals surface area (Å²) in [4.78, 5) is 88.7. The number of hydrogen-bond donors (Lipinski definition) is 5. The maximum absolute atomic E-state index is 14.3. The van der Waals surface area contributed by atoms with E-state index in [1.807, 2.05) is 60.7 Å². The summed E-state index contributed by atoms with van der Waals surface area (Å²) in [6.07, 6.45) is -1.09. The van der Waals surface area contributed by atoms with Crippen molar-refractivity contribution in [2.24, 2.45) is 11.7 Å². The van der Waals surface area contributed by atoms with Gasteiger partial charge in [0.05, 0.1) is 31.6 Å². The summed E-state index contributed by atoms with van der Waals surface area (Å²) < 4.78 is 10.9. The molecule has 2 heterocycles. The number of carbonyl (C=O) groups is 6. The number of nitrogens with one attached hydrogen (secondary N) is 4. The third-order valence-electron chi connectivity index (χ3n) is 9.36. The number of ether oxygens (including phenoxy) is 2. The molecule has 0 aliphatic carbocycles. The van der Waals surface area contributed by atoms with Crippen LogP contribution in [-0.4, -0.2) is 88.6 Å². The van der Waals surface area contributed by atoms with Gasteiger partial charge in [0.1, 0.15) is 29.6 Å². The van der Waals surface area contributed by atoms with Gasteiger partial charge in [0, 0.05) is 18.1 Å². The highest BCUT2D eigenvalue weighted by Gasteiger charge is 2.35. The molecule has 0 aliphatic rings. The zero-order valence-corrected chi connectivity index (χ0v) is 33.4. The molecule has 0 saturated heterocycles. The molecule has 16 heteroatoms. The highest BCUT2D eigenvalue weighted by Crippen LogP contribution is 2.17. The van der Waals surface area contributed by atoms with E-state index in [0.29, 0.717) is 5.52 Å². The van der Waals surface area contributed by atoms with Crippen molar-refractivity contribution in [2.45, 2.75) is 57.5 Å². The summed E-state index contributed by atoms with van der Waals surface area (Å²) >= 11 is 0. The number of methoxy groups -OCH3 is 1. The predicted molar refractivity (Wildman–Crippen MR) is 221 cm³/mol. The highest BCUT2D eigenvalue weighted by atomic mass is 16.5. The van der Waals surface area contributed by atoms with E-state index in [9.17, 15) is 28.8 Å². The number of carbonyl (C=O) groups excluding carboxylic acids is 6. The summed E-state index contributed by atoms with van der Waals surface area (Å²) in [5.41, 5.74) is 10.5. The highest BCUT2D eigenvalue weighted by molar-refractivity contribution is 5.99. The molecule has 312 valence electrons. The summed E-state index contributed by atoms with van der Waals surface area (Å²) in [6.45, 7) is 3.39. The first-order valence-electron chi connectivity index (χ1n) is 19.2. The van der Waals surface area contributed by atoms with Crippen LogP contribution in [0.5, 0.6) is 0 Å². The maximum atomic E-state index is 14.3. The summed E-state index contributed by atoms with van der Waals surface area (Å²) in [5.74, 6) is -4.17. The molecule has 4 atom stereocenters.